The van der Waals surface area contributed by atoms with Crippen LogP contribution in [0, 0.1) is 0 Å². The largest absolute Gasteiger partial charge is 0.433 e. The summed E-state index contributed by atoms with van der Waals surface area (Å²) in [6.45, 7) is -0.270. The summed E-state index contributed by atoms with van der Waals surface area (Å²) in [5.74, 6) is -1.30. The van der Waals surface area contributed by atoms with Crippen molar-refractivity contribution >= 4 is 51.5 Å². The van der Waals surface area contributed by atoms with E-state index in [1.807, 2.05) is 0 Å². The van der Waals surface area contributed by atoms with Crippen LogP contribution < -0.4 is 0 Å². The van der Waals surface area contributed by atoms with Crippen molar-refractivity contribution in [3.8, 4) is 11.5 Å². The Bertz CT molecular complexity index is 1610. The highest BCUT2D eigenvalue weighted by Crippen LogP contribution is 2.41. The van der Waals surface area contributed by atoms with Crippen molar-refractivity contribution in [1.82, 2.24) is 14.5 Å². The molecule has 0 fully saturated rings. The van der Waals surface area contributed by atoms with E-state index in [-0.39, 0.29) is 39.1 Å². The number of rotatable bonds is 5. The van der Waals surface area contributed by atoms with Gasteiger partial charge in [0.1, 0.15) is 5.69 Å². The third-order valence-electron chi connectivity index (χ3n) is 5.50. The predicted molar refractivity (Wildman–Crippen MR) is 131 cm³/mol. The summed E-state index contributed by atoms with van der Waals surface area (Å²) in [5, 5.41) is 0.718. The van der Waals surface area contributed by atoms with Crippen molar-refractivity contribution in [1.29, 1.82) is 0 Å². The second kappa shape index (κ2) is 9.28. The number of halogens is 6. The van der Waals surface area contributed by atoms with Gasteiger partial charge in [-0.15, -0.1) is 0 Å². The molecule has 0 unspecified atom stereocenters. The number of hydrogen-bond donors (Lipinski definition) is 0. The van der Waals surface area contributed by atoms with Gasteiger partial charge in [0.25, 0.3) is 0 Å². The lowest BCUT2D eigenvalue weighted by molar-refractivity contribution is -0.143. The third-order valence-corrected chi connectivity index (χ3v) is 6.32. The van der Waals surface area contributed by atoms with Gasteiger partial charge in [-0.1, -0.05) is 40.9 Å². The molecule has 0 saturated heterocycles. The molecule has 0 aliphatic heterocycles. The first-order valence-electron chi connectivity index (χ1n) is 10.4. The summed E-state index contributed by atoms with van der Waals surface area (Å²) in [6, 6.07) is 12.0. The van der Waals surface area contributed by atoms with E-state index in [0.29, 0.717) is 16.1 Å². The summed E-state index contributed by atoms with van der Waals surface area (Å²) in [4.78, 5) is 21.5. The average Bonchev–Trinajstić information content (AvgIpc) is 3.44. The molecule has 182 valence electrons. The Morgan fingerprint density at radius 2 is 1.75 bits per heavy atom. The maximum atomic E-state index is 14.5. The number of nitrogens with zero attached hydrogens (tertiary/aromatic N) is 3. The van der Waals surface area contributed by atoms with Crippen molar-refractivity contribution < 1.29 is 22.4 Å². The van der Waals surface area contributed by atoms with Gasteiger partial charge in [0.05, 0.1) is 17.3 Å². The first kappa shape index (κ1) is 24.4. The minimum atomic E-state index is -4.90. The fourth-order valence-corrected chi connectivity index (χ4v) is 4.60. The minimum Gasteiger partial charge on any atom is -0.433 e. The Kier molecular flexibility index (Phi) is 6.28. The van der Waals surface area contributed by atoms with E-state index >= 15 is 0 Å². The number of oxazole rings is 1. The van der Waals surface area contributed by atoms with Gasteiger partial charge in [-0.3, -0.25) is 9.78 Å². The number of fused-ring (bicyclic) bond motifs is 1. The van der Waals surface area contributed by atoms with Gasteiger partial charge in [0, 0.05) is 44.9 Å². The SMILES string of the molecule is O=C(c1cnc(-c2cccnc2)o1)c1c(C(F)(F)F)n(Cc2ccc(Cl)cc2Cl)c2ccc(Cl)cc12. The van der Waals surface area contributed by atoms with Crippen LogP contribution in [0.1, 0.15) is 27.4 Å². The highest BCUT2D eigenvalue weighted by molar-refractivity contribution is 6.35. The molecule has 0 aliphatic rings. The van der Waals surface area contributed by atoms with E-state index in [9.17, 15) is 18.0 Å². The molecule has 0 radical (unpaired) electrons. The molecule has 2 aromatic carbocycles. The maximum Gasteiger partial charge on any atom is 0.432 e. The first-order chi connectivity index (χ1) is 17.1. The van der Waals surface area contributed by atoms with E-state index < -0.39 is 23.2 Å². The zero-order chi connectivity index (χ0) is 25.6. The molecule has 0 spiro atoms. The van der Waals surface area contributed by atoms with Gasteiger partial charge >= 0.3 is 6.18 Å². The van der Waals surface area contributed by atoms with E-state index in [4.69, 9.17) is 39.2 Å². The molecular formula is C25H13Cl3F3N3O2. The molecule has 0 N–H and O–H groups in total. The quantitative estimate of drug-likeness (QED) is 0.208. The Morgan fingerprint density at radius 1 is 1.00 bits per heavy atom. The van der Waals surface area contributed by atoms with Crippen molar-refractivity contribution in [2.24, 2.45) is 0 Å². The number of carbonyl (C=O) groups excluding carboxylic acids is 1. The smallest absolute Gasteiger partial charge is 0.432 e. The molecule has 3 heterocycles. The predicted octanol–water partition coefficient (Wildman–Crippen LogP) is 7.95. The molecule has 5 rings (SSSR count). The number of pyridine rings is 1. The average molecular weight is 551 g/mol. The van der Waals surface area contributed by atoms with Crippen LogP contribution >= 0.6 is 34.8 Å². The highest BCUT2D eigenvalue weighted by Gasteiger charge is 2.42. The van der Waals surface area contributed by atoms with Crippen LogP contribution in [0.3, 0.4) is 0 Å². The Balaban J connectivity index is 1.71. The number of alkyl halides is 3. The van der Waals surface area contributed by atoms with Gasteiger partial charge in [0.2, 0.25) is 11.7 Å². The Hall–Kier alpha value is -3.33. The number of carbonyl (C=O) groups is 1. The van der Waals surface area contributed by atoms with Crippen molar-refractivity contribution in [3.63, 3.8) is 0 Å². The van der Waals surface area contributed by atoms with Crippen LogP contribution in [0.4, 0.5) is 13.2 Å². The molecule has 3 aromatic heterocycles. The summed E-state index contributed by atoms with van der Waals surface area (Å²) in [7, 11) is 0. The molecular weight excluding hydrogens is 538 g/mol. The number of benzene rings is 2. The lowest BCUT2D eigenvalue weighted by Crippen LogP contribution is -2.18. The van der Waals surface area contributed by atoms with Crippen LogP contribution in [0.2, 0.25) is 15.1 Å². The standard InChI is InChI=1S/C25H13Cl3F3N3O2/c26-15-5-6-19-17(8-15)21(22(35)20-11-33-24(36-20)13-2-1-7-32-10-13)23(25(29,30)31)34(19)12-14-3-4-16(27)9-18(14)28/h1-11H,12H2. The van der Waals surface area contributed by atoms with Gasteiger partial charge in [-0.2, -0.15) is 13.2 Å². The van der Waals surface area contributed by atoms with Crippen LogP contribution in [-0.4, -0.2) is 20.3 Å². The van der Waals surface area contributed by atoms with Gasteiger partial charge < -0.3 is 8.98 Å². The highest BCUT2D eigenvalue weighted by atomic mass is 35.5. The van der Waals surface area contributed by atoms with E-state index in [2.05, 4.69) is 9.97 Å². The Labute approximate surface area is 217 Å². The number of aromatic nitrogens is 3. The zero-order valence-electron chi connectivity index (χ0n) is 18.0. The normalized spacial score (nSPS) is 11.8. The van der Waals surface area contributed by atoms with Gasteiger partial charge in [0.15, 0.2) is 5.76 Å². The number of hydrogen-bond acceptors (Lipinski definition) is 4. The van der Waals surface area contributed by atoms with Crippen molar-refractivity contribution in [2.75, 3.05) is 0 Å². The molecule has 36 heavy (non-hydrogen) atoms. The van der Waals surface area contributed by atoms with E-state index in [1.54, 1.807) is 18.3 Å². The fraction of sp³-hybridized carbons (Fsp3) is 0.0800. The lowest BCUT2D eigenvalue weighted by Gasteiger charge is -2.15. The third kappa shape index (κ3) is 4.48. The van der Waals surface area contributed by atoms with Crippen molar-refractivity contribution in [3.05, 3.63) is 105 Å². The molecule has 0 aliphatic carbocycles. The van der Waals surface area contributed by atoms with Crippen LogP contribution in [-0.2, 0) is 12.7 Å². The molecule has 0 amide bonds. The monoisotopic (exact) mass is 549 g/mol. The summed E-state index contributed by atoms with van der Waals surface area (Å²) in [5.41, 5.74) is -0.756. The molecule has 0 bridgehead atoms. The Morgan fingerprint density at radius 3 is 2.44 bits per heavy atom. The summed E-state index contributed by atoms with van der Waals surface area (Å²) in [6.07, 6.45) is -0.807. The van der Waals surface area contributed by atoms with Crippen LogP contribution in [0.15, 0.2) is 71.5 Å². The summed E-state index contributed by atoms with van der Waals surface area (Å²) >= 11 is 18.3. The minimum absolute atomic E-state index is 0.0178. The first-order valence-corrected chi connectivity index (χ1v) is 11.5. The second-order valence-corrected chi connectivity index (χ2v) is 9.09. The van der Waals surface area contributed by atoms with Gasteiger partial charge in [-0.05, 0) is 48.0 Å². The van der Waals surface area contributed by atoms with E-state index in [0.717, 1.165) is 10.8 Å². The molecule has 0 saturated carbocycles. The second-order valence-electron chi connectivity index (χ2n) is 7.81. The zero-order valence-corrected chi connectivity index (χ0v) is 20.3. The molecule has 11 heteroatoms. The van der Waals surface area contributed by atoms with Crippen molar-refractivity contribution in [2.45, 2.75) is 12.7 Å². The van der Waals surface area contributed by atoms with Crippen LogP contribution in [0.25, 0.3) is 22.4 Å². The molecule has 0 atom stereocenters. The molecule has 5 aromatic rings. The fourth-order valence-electron chi connectivity index (χ4n) is 3.96. The topological polar surface area (TPSA) is 60.9 Å². The van der Waals surface area contributed by atoms with Gasteiger partial charge in [-0.25, -0.2) is 4.98 Å². The lowest BCUT2D eigenvalue weighted by atomic mass is 10.0. The maximum absolute atomic E-state index is 14.5. The summed E-state index contributed by atoms with van der Waals surface area (Å²) < 4.78 is 50.2. The molecule has 5 nitrogen and oxygen atoms in total. The number of ketones is 1. The van der Waals surface area contributed by atoms with E-state index in [1.165, 1.54) is 42.6 Å². The van der Waals surface area contributed by atoms with Crippen LogP contribution in [0.5, 0.6) is 0 Å².